The van der Waals surface area contributed by atoms with Crippen LogP contribution in [0.2, 0.25) is 0 Å². The Morgan fingerprint density at radius 1 is 1.12 bits per heavy atom. The normalized spacial score (nSPS) is 15.3. The number of anilines is 2. The van der Waals surface area contributed by atoms with Gasteiger partial charge < -0.3 is 19.1 Å². The van der Waals surface area contributed by atoms with Crippen LogP contribution in [0.15, 0.2) is 36.9 Å². The van der Waals surface area contributed by atoms with Crippen molar-refractivity contribution in [3.8, 4) is 28.7 Å². The lowest BCUT2D eigenvalue weighted by molar-refractivity contribution is 0.0131. The number of fused-ring (bicyclic) bond motifs is 1. The van der Waals surface area contributed by atoms with E-state index in [0.717, 1.165) is 25.5 Å². The molecule has 6 rings (SSSR count). The molecule has 0 radical (unpaired) electrons. The second-order valence-corrected chi connectivity index (χ2v) is 10.9. The summed E-state index contributed by atoms with van der Waals surface area (Å²) in [6.07, 6.45) is 6.48. The number of hydrogen-bond donors (Lipinski definition) is 0. The van der Waals surface area contributed by atoms with Crippen molar-refractivity contribution in [1.82, 2.24) is 29.5 Å². The Bertz CT molecular complexity index is 1670. The topological polar surface area (TPSA) is 85.1 Å². The van der Waals surface area contributed by atoms with Gasteiger partial charge in [-0.3, -0.25) is 0 Å². The third-order valence-electron chi connectivity index (χ3n) is 7.31. The number of aryl methyl sites for hydroxylation is 1. The number of ether oxygens (including phenoxy) is 1. The molecule has 1 saturated carbocycles. The van der Waals surface area contributed by atoms with Crippen LogP contribution in [0.25, 0.3) is 22.8 Å². The first-order chi connectivity index (χ1) is 19.5. The molecule has 41 heavy (non-hydrogen) atoms. The molecule has 0 N–H and O–H groups in total. The van der Waals surface area contributed by atoms with Gasteiger partial charge in [0.15, 0.2) is 11.6 Å². The summed E-state index contributed by atoms with van der Waals surface area (Å²) in [7, 11) is 4.97. The molecule has 0 amide bonds. The van der Waals surface area contributed by atoms with Crippen LogP contribution in [-0.2, 0) is 19.5 Å². The van der Waals surface area contributed by atoms with Crippen molar-refractivity contribution >= 4 is 28.7 Å². The zero-order valence-corrected chi connectivity index (χ0v) is 23.7. The lowest BCUT2D eigenvalue weighted by Gasteiger charge is -2.36. The molecule has 0 unspecified atom stereocenters. The van der Waals surface area contributed by atoms with E-state index in [1.807, 2.05) is 16.8 Å². The highest BCUT2D eigenvalue weighted by atomic mass is 32.1. The van der Waals surface area contributed by atoms with Gasteiger partial charge in [-0.1, -0.05) is 18.3 Å². The summed E-state index contributed by atoms with van der Waals surface area (Å²) in [5.41, 5.74) is 2.61. The minimum atomic E-state index is -3.13. The van der Waals surface area contributed by atoms with Gasteiger partial charge in [-0.15, -0.1) is 0 Å². The van der Waals surface area contributed by atoms with Crippen LogP contribution in [0.1, 0.15) is 42.6 Å². The van der Waals surface area contributed by atoms with E-state index >= 15 is 4.39 Å². The largest absolute Gasteiger partial charge is 0.480 e. The van der Waals surface area contributed by atoms with E-state index < -0.39 is 17.4 Å². The van der Waals surface area contributed by atoms with Crippen LogP contribution in [0.5, 0.6) is 5.88 Å². The molecule has 0 spiro atoms. The van der Waals surface area contributed by atoms with E-state index in [1.54, 1.807) is 32.5 Å². The van der Waals surface area contributed by atoms with Gasteiger partial charge >= 0.3 is 0 Å². The van der Waals surface area contributed by atoms with Crippen molar-refractivity contribution in [2.75, 3.05) is 30.5 Å². The lowest BCUT2D eigenvalue weighted by Crippen LogP contribution is -2.43. The smallest absolute Gasteiger partial charge is 0.288 e. The molecule has 1 aliphatic carbocycles. The molecule has 2 aliphatic rings. The summed E-state index contributed by atoms with van der Waals surface area (Å²) in [6, 6.07) is 4.69. The van der Waals surface area contributed by atoms with Crippen LogP contribution in [-0.4, -0.2) is 55.2 Å². The number of likely N-dealkylation sites (N-methyl/N-ethyl adjacent to an activating group) is 1. The van der Waals surface area contributed by atoms with Gasteiger partial charge in [-0.05, 0) is 30.5 Å². The van der Waals surface area contributed by atoms with Crippen molar-refractivity contribution < 1.29 is 17.9 Å². The molecule has 1 aromatic carbocycles. The fourth-order valence-electron chi connectivity index (χ4n) is 4.97. The number of methoxy groups -OCH3 is 1. The van der Waals surface area contributed by atoms with E-state index in [1.165, 1.54) is 23.2 Å². The second-order valence-electron chi connectivity index (χ2n) is 10.4. The summed E-state index contributed by atoms with van der Waals surface area (Å²) in [5, 5.41) is 0. The van der Waals surface area contributed by atoms with Gasteiger partial charge in [0.05, 0.1) is 31.1 Å². The molecule has 9 nitrogen and oxygen atoms in total. The highest BCUT2D eigenvalue weighted by Crippen LogP contribution is 2.45. The number of imidazole rings is 1. The predicted octanol–water partition coefficient (Wildman–Crippen LogP) is 5.25. The minimum absolute atomic E-state index is 0.125. The maximum Gasteiger partial charge on any atom is 0.288 e. The fraction of sp³-hybridized carbons (Fsp3) is 0.357. The molecule has 0 bridgehead atoms. The van der Waals surface area contributed by atoms with Crippen molar-refractivity contribution in [2.45, 2.75) is 38.2 Å². The van der Waals surface area contributed by atoms with Crippen molar-refractivity contribution in [2.24, 2.45) is 7.05 Å². The molecule has 1 fully saturated rings. The Morgan fingerprint density at radius 2 is 1.90 bits per heavy atom. The third kappa shape index (κ3) is 4.98. The van der Waals surface area contributed by atoms with Crippen LogP contribution >= 0.6 is 12.2 Å². The van der Waals surface area contributed by atoms with E-state index in [-0.39, 0.29) is 11.4 Å². The van der Waals surface area contributed by atoms with Gasteiger partial charge in [-0.2, -0.15) is 8.78 Å². The summed E-state index contributed by atoms with van der Waals surface area (Å²) in [4.78, 5) is 26.8. The number of alkyl halides is 2. The van der Waals surface area contributed by atoms with Gasteiger partial charge in [-0.25, -0.2) is 29.3 Å². The van der Waals surface area contributed by atoms with Crippen LogP contribution in [0.3, 0.4) is 0 Å². The number of halogens is 3. The monoisotopic (exact) mass is 580 g/mol. The first kappa shape index (κ1) is 27.1. The molecule has 3 aromatic heterocycles. The van der Waals surface area contributed by atoms with Gasteiger partial charge in [0.1, 0.15) is 39.9 Å². The molecule has 1 aliphatic heterocycles. The number of benzene rings is 1. The number of rotatable bonds is 7. The van der Waals surface area contributed by atoms with E-state index in [4.69, 9.17) is 21.9 Å². The van der Waals surface area contributed by atoms with Crippen LogP contribution in [0, 0.1) is 5.82 Å². The van der Waals surface area contributed by atoms with Gasteiger partial charge in [0.25, 0.3) is 5.92 Å². The average Bonchev–Trinajstić information content (AvgIpc) is 3.71. The Hall–Kier alpha value is -4.13. The third-order valence-corrected chi connectivity index (χ3v) is 7.71. The first-order valence-electron chi connectivity index (χ1n) is 13.0. The molecule has 4 heterocycles. The standard InChI is InChI=1S/C28H27F3N8OS/c1-28(30,31)20-12-37(2)25(35-20)17-8-5-15(9-18(17)29)11-39-13-21(41)38(3)19-10-32-24(36-26(19)39)22-23(16-6-7-16)33-14-34-27(22)40-4/h5,8-10,12,14,16H,6-7,11,13H2,1-4H3. The Labute approximate surface area is 240 Å². The minimum Gasteiger partial charge on any atom is -0.480 e. The van der Waals surface area contributed by atoms with Crippen molar-refractivity contribution in [1.29, 1.82) is 0 Å². The van der Waals surface area contributed by atoms with E-state index in [9.17, 15) is 8.78 Å². The molecular formula is C28H27F3N8OS. The van der Waals surface area contributed by atoms with E-state index in [0.29, 0.717) is 58.3 Å². The molecule has 212 valence electrons. The predicted molar refractivity (Wildman–Crippen MR) is 152 cm³/mol. The zero-order chi connectivity index (χ0) is 29.1. The second kappa shape index (κ2) is 10.1. The molecule has 0 atom stereocenters. The van der Waals surface area contributed by atoms with Crippen molar-refractivity contribution in [3.63, 3.8) is 0 Å². The van der Waals surface area contributed by atoms with Crippen LogP contribution < -0.4 is 14.5 Å². The Balaban J connectivity index is 1.35. The number of thiocarbonyl (C=S) groups is 1. The Morgan fingerprint density at radius 3 is 2.56 bits per heavy atom. The zero-order valence-electron chi connectivity index (χ0n) is 22.9. The molecule has 13 heteroatoms. The van der Waals surface area contributed by atoms with Crippen molar-refractivity contribution in [3.05, 3.63) is 59.7 Å². The van der Waals surface area contributed by atoms with Gasteiger partial charge in [0, 0.05) is 39.7 Å². The maximum atomic E-state index is 15.4. The number of hydrogen-bond acceptors (Lipinski definition) is 8. The first-order valence-corrected chi connectivity index (χ1v) is 13.4. The van der Waals surface area contributed by atoms with Gasteiger partial charge in [0.2, 0.25) is 5.88 Å². The summed E-state index contributed by atoms with van der Waals surface area (Å²) >= 11 is 5.63. The number of nitrogens with zero attached hydrogens (tertiary/aromatic N) is 8. The SMILES string of the molecule is COc1ncnc(C2CC2)c1-c1ncc2c(n1)N(Cc1ccc(-c3nc(C(C)(F)F)cn3C)c(F)c1)CC(=S)N2C. The highest BCUT2D eigenvalue weighted by Gasteiger charge is 2.33. The Kier molecular flexibility index (Phi) is 6.63. The molecule has 4 aromatic rings. The number of aromatic nitrogens is 6. The average molecular weight is 581 g/mol. The fourth-order valence-corrected chi connectivity index (χ4v) is 5.22. The summed E-state index contributed by atoms with van der Waals surface area (Å²) in [6.45, 7) is 1.44. The molecular weight excluding hydrogens is 553 g/mol. The lowest BCUT2D eigenvalue weighted by atomic mass is 10.1. The van der Waals surface area contributed by atoms with Crippen LogP contribution in [0.4, 0.5) is 24.7 Å². The quantitative estimate of drug-likeness (QED) is 0.272. The summed E-state index contributed by atoms with van der Waals surface area (Å²) < 4.78 is 49.9. The van der Waals surface area contributed by atoms with E-state index in [2.05, 4.69) is 19.9 Å². The summed E-state index contributed by atoms with van der Waals surface area (Å²) in [5.74, 6) is -1.79. The highest BCUT2D eigenvalue weighted by molar-refractivity contribution is 7.80. The maximum absolute atomic E-state index is 15.4. The molecule has 0 saturated heterocycles.